The van der Waals surface area contributed by atoms with Gasteiger partial charge < -0.3 is 20.6 Å². The fourth-order valence-corrected chi connectivity index (χ4v) is 1.91. The van der Waals surface area contributed by atoms with Gasteiger partial charge in [-0.05, 0) is 12.3 Å². The van der Waals surface area contributed by atoms with Crippen LogP contribution in [-0.2, 0) is 0 Å². The number of aromatic nitrogens is 1. The third-order valence-corrected chi connectivity index (χ3v) is 3.36. The van der Waals surface area contributed by atoms with E-state index in [9.17, 15) is 4.79 Å². The molecule has 0 bridgehead atoms. The van der Waals surface area contributed by atoms with Crippen molar-refractivity contribution >= 4 is 5.91 Å². The van der Waals surface area contributed by atoms with Crippen LogP contribution in [0, 0.1) is 5.92 Å². The van der Waals surface area contributed by atoms with E-state index in [0.717, 1.165) is 19.3 Å². The lowest BCUT2D eigenvalue weighted by Crippen LogP contribution is -2.29. The van der Waals surface area contributed by atoms with Crippen LogP contribution in [0.3, 0.4) is 0 Å². The van der Waals surface area contributed by atoms with E-state index in [4.69, 9.17) is 15.3 Å². The van der Waals surface area contributed by atoms with Gasteiger partial charge in [-0.15, -0.1) is 0 Å². The normalized spacial score (nSPS) is 14.0. The maximum absolute atomic E-state index is 11.9. The molecule has 6 heteroatoms. The van der Waals surface area contributed by atoms with Crippen molar-refractivity contribution in [3.8, 4) is 0 Å². The number of nitrogens with two attached hydrogens (primary N) is 1. The van der Waals surface area contributed by atoms with Gasteiger partial charge in [0.1, 0.15) is 12.3 Å². The molecule has 1 aromatic heterocycles. The summed E-state index contributed by atoms with van der Waals surface area (Å²) >= 11 is 0. The van der Waals surface area contributed by atoms with Gasteiger partial charge in [-0.25, -0.2) is 4.98 Å². The van der Waals surface area contributed by atoms with E-state index >= 15 is 0 Å². The van der Waals surface area contributed by atoms with Gasteiger partial charge in [0, 0.05) is 6.54 Å². The summed E-state index contributed by atoms with van der Waals surface area (Å²) in [6.45, 7) is 4.66. The molecule has 6 nitrogen and oxygen atoms in total. The van der Waals surface area contributed by atoms with Crippen molar-refractivity contribution in [1.82, 2.24) is 10.3 Å². The van der Waals surface area contributed by atoms with Crippen LogP contribution in [0.4, 0.5) is 0 Å². The number of nitrogens with one attached hydrogen (secondary N) is 1. The molecule has 1 amide bonds. The first-order valence-corrected chi connectivity index (χ1v) is 7.22. The van der Waals surface area contributed by atoms with Crippen molar-refractivity contribution in [2.45, 2.75) is 45.6 Å². The van der Waals surface area contributed by atoms with Crippen LogP contribution in [-0.4, -0.2) is 29.1 Å². The fraction of sp³-hybridized carbons (Fsp3) is 0.714. The number of hydrogen-bond acceptors (Lipinski definition) is 5. The summed E-state index contributed by atoms with van der Waals surface area (Å²) < 4.78 is 5.08. The number of oxazole rings is 1. The molecule has 2 atom stereocenters. The number of carbonyl (C=O) groups is 1. The zero-order chi connectivity index (χ0) is 15.0. The number of nitrogens with zero attached hydrogens (tertiary/aromatic N) is 1. The Morgan fingerprint density at radius 2 is 2.30 bits per heavy atom. The molecule has 0 aliphatic heterocycles. The summed E-state index contributed by atoms with van der Waals surface area (Å²) in [7, 11) is 0. The second-order valence-electron chi connectivity index (χ2n) is 4.99. The van der Waals surface area contributed by atoms with Crippen LogP contribution < -0.4 is 11.1 Å². The van der Waals surface area contributed by atoms with E-state index in [1.807, 2.05) is 0 Å². The van der Waals surface area contributed by atoms with E-state index in [-0.39, 0.29) is 24.1 Å². The Morgan fingerprint density at radius 3 is 2.90 bits per heavy atom. The second kappa shape index (κ2) is 8.71. The number of aliphatic hydroxyl groups excluding tert-OH is 1. The Hall–Kier alpha value is -1.40. The number of aliphatic hydroxyl groups is 1. The molecular formula is C14H25N3O3. The number of hydrogen-bond donors (Lipinski definition) is 3. The first-order chi connectivity index (χ1) is 9.62. The van der Waals surface area contributed by atoms with Gasteiger partial charge >= 0.3 is 0 Å². The highest BCUT2D eigenvalue weighted by Gasteiger charge is 2.17. The number of unbranched alkanes of at least 4 members (excludes halogenated alkanes) is 1. The van der Waals surface area contributed by atoms with Gasteiger partial charge in [0.25, 0.3) is 5.91 Å². The minimum atomic E-state index is -0.690. The molecule has 4 N–H and O–H groups in total. The monoisotopic (exact) mass is 283 g/mol. The molecule has 1 aromatic rings. The summed E-state index contributed by atoms with van der Waals surface area (Å²) in [4.78, 5) is 15.9. The predicted octanol–water partition coefficient (Wildman–Crippen LogP) is 1.61. The predicted molar refractivity (Wildman–Crippen MR) is 76.2 cm³/mol. The van der Waals surface area contributed by atoms with Gasteiger partial charge in [0.2, 0.25) is 5.89 Å². The van der Waals surface area contributed by atoms with Crippen LogP contribution in [0.15, 0.2) is 10.7 Å². The van der Waals surface area contributed by atoms with Gasteiger partial charge in [-0.2, -0.15) is 0 Å². The number of amides is 1. The molecular weight excluding hydrogens is 258 g/mol. The van der Waals surface area contributed by atoms with Crippen molar-refractivity contribution in [2.24, 2.45) is 11.7 Å². The van der Waals surface area contributed by atoms with Crippen LogP contribution in [0.5, 0.6) is 0 Å². The molecule has 0 radical (unpaired) electrons. The molecule has 2 unspecified atom stereocenters. The molecule has 0 aromatic carbocycles. The standard InChI is InChI=1S/C14H25N3O3/c1-3-5-6-10(4-2)7-16-13(19)12-9-20-14(17-12)11(15)8-18/h9-11,18H,3-8,15H2,1-2H3,(H,16,19). The summed E-state index contributed by atoms with van der Waals surface area (Å²) in [5.41, 5.74) is 5.77. The van der Waals surface area contributed by atoms with E-state index in [2.05, 4.69) is 24.1 Å². The minimum Gasteiger partial charge on any atom is -0.446 e. The van der Waals surface area contributed by atoms with Crippen molar-refractivity contribution in [2.75, 3.05) is 13.2 Å². The van der Waals surface area contributed by atoms with E-state index < -0.39 is 6.04 Å². The summed E-state index contributed by atoms with van der Waals surface area (Å²) in [6, 6.07) is -0.690. The average Bonchev–Trinajstić information content (AvgIpc) is 2.96. The Labute approximate surface area is 119 Å². The van der Waals surface area contributed by atoms with Crippen molar-refractivity contribution in [1.29, 1.82) is 0 Å². The zero-order valence-corrected chi connectivity index (χ0v) is 12.3. The SMILES string of the molecule is CCCCC(CC)CNC(=O)c1coc(C(N)CO)n1. The summed E-state index contributed by atoms with van der Waals surface area (Å²) in [6.07, 6.45) is 5.77. The molecule has 1 rings (SSSR count). The van der Waals surface area contributed by atoms with E-state index in [1.165, 1.54) is 12.7 Å². The van der Waals surface area contributed by atoms with Gasteiger partial charge in [0.15, 0.2) is 5.69 Å². The fourth-order valence-electron chi connectivity index (χ4n) is 1.91. The highest BCUT2D eigenvalue weighted by molar-refractivity contribution is 5.91. The van der Waals surface area contributed by atoms with Gasteiger partial charge in [-0.3, -0.25) is 4.79 Å². The van der Waals surface area contributed by atoms with Crippen LogP contribution in [0.2, 0.25) is 0 Å². The lowest BCUT2D eigenvalue weighted by atomic mass is 9.99. The molecule has 0 fully saturated rings. The molecule has 0 aliphatic rings. The van der Waals surface area contributed by atoms with E-state index in [1.54, 1.807) is 0 Å². The molecule has 0 spiro atoms. The summed E-state index contributed by atoms with van der Waals surface area (Å²) in [5.74, 6) is 0.403. The first kappa shape index (κ1) is 16.7. The smallest absolute Gasteiger partial charge is 0.273 e. The maximum Gasteiger partial charge on any atom is 0.273 e. The second-order valence-corrected chi connectivity index (χ2v) is 4.99. The third-order valence-electron chi connectivity index (χ3n) is 3.36. The molecule has 114 valence electrons. The van der Waals surface area contributed by atoms with Crippen molar-refractivity contribution in [3.63, 3.8) is 0 Å². The van der Waals surface area contributed by atoms with Gasteiger partial charge in [0.05, 0.1) is 6.61 Å². The van der Waals surface area contributed by atoms with Crippen LogP contribution in [0.25, 0.3) is 0 Å². The Morgan fingerprint density at radius 1 is 1.55 bits per heavy atom. The number of carbonyl (C=O) groups excluding carboxylic acids is 1. The molecule has 1 heterocycles. The Kier molecular flexibility index (Phi) is 7.25. The molecule has 0 aliphatic carbocycles. The maximum atomic E-state index is 11.9. The topological polar surface area (TPSA) is 101 Å². The van der Waals surface area contributed by atoms with Crippen LogP contribution >= 0.6 is 0 Å². The molecule has 0 saturated carbocycles. The lowest BCUT2D eigenvalue weighted by molar-refractivity contribution is 0.0940. The number of rotatable bonds is 9. The third kappa shape index (κ3) is 4.94. The Balaban J connectivity index is 2.47. The zero-order valence-electron chi connectivity index (χ0n) is 12.3. The Bertz CT molecular complexity index is 406. The molecule has 20 heavy (non-hydrogen) atoms. The molecule has 0 saturated heterocycles. The van der Waals surface area contributed by atoms with Gasteiger partial charge in [-0.1, -0.05) is 33.1 Å². The van der Waals surface area contributed by atoms with E-state index in [0.29, 0.717) is 12.5 Å². The minimum absolute atomic E-state index is 0.177. The largest absolute Gasteiger partial charge is 0.446 e. The van der Waals surface area contributed by atoms with Crippen LogP contribution in [0.1, 0.15) is 62.0 Å². The lowest BCUT2D eigenvalue weighted by Gasteiger charge is -2.14. The van der Waals surface area contributed by atoms with Crippen molar-refractivity contribution < 1.29 is 14.3 Å². The van der Waals surface area contributed by atoms with Crippen molar-refractivity contribution in [3.05, 3.63) is 17.8 Å². The average molecular weight is 283 g/mol. The highest BCUT2D eigenvalue weighted by Crippen LogP contribution is 2.12. The highest BCUT2D eigenvalue weighted by atomic mass is 16.3. The quantitative estimate of drug-likeness (QED) is 0.639. The first-order valence-electron chi connectivity index (χ1n) is 7.22. The summed E-state index contributed by atoms with van der Waals surface area (Å²) in [5, 5.41) is 11.8.